The summed E-state index contributed by atoms with van der Waals surface area (Å²) in [5.74, 6) is 0. The topological polar surface area (TPSA) is 0 Å². The van der Waals surface area contributed by atoms with Crippen molar-refractivity contribution < 1.29 is 0 Å². The van der Waals surface area contributed by atoms with E-state index in [2.05, 4.69) is 32.0 Å². The van der Waals surface area contributed by atoms with Crippen molar-refractivity contribution in [1.82, 2.24) is 0 Å². The summed E-state index contributed by atoms with van der Waals surface area (Å²) in [6.07, 6.45) is 0. The molecule has 0 amide bonds. The van der Waals surface area contributed by atoms with E-state index >= 15 is 0 Å². The maximum Gasteiger partial charge on any atom is 2.00 e. The largest absolute Gasteiger partial charge is 2.00 e. The first-order valence-electron chi connectivity index (χ1n) is 4.16. The van der Waals surface area contributed by atoms with Gasteiger partial charge in [0.05, 0.1) is 0 Å². The average Bonchev–Trinajstić information content (AvgIpc) is 2.67. The normalized spacial score (nSPS) is 8.15. The number of rotatable bonds is 0. The molecule has 0 atom stereocenters. The summed E-state index contributed by atoms with van der Waals surface area (Å²) in [5.41, 5.74) is 2.78. The second-order valence-electron chi connectivity index (χ2n) is 2.85. The molecule has 0 nitrogen and oxygen atoms in total. The van der Waals surface area contributed by atoms with Gasteiger partial charge in [0.25, 0.3) is 0 Å². The van der Waals surface area contributed by atoms with Crippen LogP contribution in [0.1, 0.15) is 11.1 Å². The second kappa shape index (κ2) is 6.93. The van der Waals surface area contributed by atoms with Crippen LogP contribution >= 0.6 is 0 Å². The van der Waals surface area contributed by atoms with E-state index in [0.717, 1.165) is 0 Å². The Hall–Kier alpha value is -0.534. The summed E-state index contributed by atoms with van der Waals surface area (Å²) >= 11 is 0. The maximum absolute atomic E-state index is 2.12. The van der Waals surface area contributed by atoms with Gasteiger partial charge in [-0.15, -0.1) is 0 Å². The fourth-order valence-electron chi connectivity index (χ4n) is 0.920. The molecular weight excluding hydrogens is 168 g/mol. The van der Waals surface area contributed by atoms with E-state index in [1.54, 1.807) is 0 Å². The standard InChI is InChI=1S/C7H9.C5H5.Mg/c1-6-4-3-5-7(6)2;1-2-4-5-3-1;/h3-5H,1-2H3;1-5H;/q2*-1;+2. The van der Waals surface area contributed by atoms with Gasteiger partial charge in [-0.2, -0.15) is 35.4 Å². The molecule has 2 aromatic carbocycles. The van der Waals surface area contributed by atoms with E-state index in [0.29, 0.717) is 0 Å². The first kappa shape index (κ1) is 12.5. The Balaban J connectivity index is 0.000000215. The van der Waals surface area contributed by atoms with Crippen LogP contribution in [0.2, 0.25) is 0 Å². The van der Waals surface area contributed by atoms with Gasteiger partial charge < -0.3 is 0 Å². The molecule has 0 heterocycles. The molecule has 0 aliphatic carbocycles. The van der Waals surface area contributed by atoms with Crippen molar-refractivity contribution >= 4 is 23.1 Å². The molecule has 0 aliphatic rings. The minimum absolute atomic E-state index is 0. The van der Waals surface area contributed by atoms with Gasteiger partial charge in [-0.05, 0) is 0 Å². The van der Waals surface area contributed by atoms with Crippen molar-refractivity contribution in [2.24, 2.45) is 0 Å². The SMILES string of the molecule is Cc1ccc[c-]1C.[Mg+2].c1cc[cH-]c1. The van der Waals surface area contributed by atoms with Gasteiger partial charge in [0, 0.05) is 0 Å². The molecular formula is C12H14Mg. The Labute approximate surface area is 96.5 Å². The van der Waals surface area contributed by atoms with Crippen LogP contribution in [-0.2, 0) is 0 Å². The van der Waals surface area contributed by atoms with Gasteiger partial charge in [0.2, 0.25) is 0 Å². The van der Waals surface area contributed by atoms with Gasteiger partial charge in [-0.25, -0.2) is 24.3 Å². The maximum atomic E-state index is 2.12. The molecule has 0 saturated carbocycles. The van der Waals surface area contributed by atoms with Gasteiger partial charge in [0.1, 0.15) is 0 Å². The van der Waals surface area contributed by atoms with Gasteiger partial charge in [-0.1, -0.05) is 13.8 Å². The van der Waals surface area contributed by atoms with Gasteiger partial charge in [-0.3, -0.25) is 0 Å². The van der Waals surface area contributed by atoms with E-state index in [9.17, 15) is 0 Å². The zero-order chi connectivity index (χ0) is 8.81. The Morgan fingerprint density at radius 3 is 1.92 bits per heavy atom. The van der Waals surface area contributed by atoms with Crippen molar-refractivity contribution in [3.8, 4) is 0 Å². The second-order valence-corrected chi connectivity index (χ2v) is 2.85. The van der Waals surface area contributed by atoms with Crippen molar-refractivity contribution in [2.45, 2.75) is 13.8 Å². The summed E-state index contributed by atoms with van der Waals surface area (Å²) in [4.78, 5) is 0. The van der Waals surface area contributed by atoms with Crippen molar-refractivity contribution in [3.63, 3.8) is 0 Å². The van der Waals surface area contributed by atoms with Crippen molar-refractivity contribution in [1.29, 1.82) is 0 Å². The fraction of sp³-hybridized carbons (Fsp3) is 0.167. The van der Waals surface area contributed by atoms with E-state index in [1.165, 1.54) is 11.1 Å². The average molecular weight is 183 g/mol. The molecule has 0 unspecified atom stereocenters. The molecule has 0 N–H and O–H groups in total. The summed E-state index contributed by atoms with van der Waals surface area (Å²) in [5, 5.41) is 0. The monoisotopic (exact) mass is 182 g/mol. The van der Waals surface area contributed by atoms with E-state index in [4.69, 9.17) is 0 Å². The Morgan fingerprint density at radius 2 is 1.77 bits per heavy atom. The molecule has 1 heteroatoms. The predicted octanol–water partition coefficient (Wildman–Crippen LogP) is 3.05. The molecule has 64 valence electrons. The Morgan fingerprint density at radius 1 is 1.15 bits per heavy atom. The molecule has 0 radical (unpaired) electrons. The minimum Gasteiger partial charge on any atom is -0.214 e. The molecule has 13 heavy (non-hydrogen) atoms. The van der Waals surface area contributed by atoms with Crippen LogP contribution < -0.4 is 0 Å². The molecule has 0 aromatic heterocycles. The van der Waals surface area contributed by atoms with Crippen LogP contribution in [0.3, 0.4) is 0 Å². The van der Waals surface area contributed by atoms with Gasteiger partial charge in [0.15, 0.2) is 0 Å². The third-order valence-corrected chi connectivity index (χ3v) is 1.87. The summed E-state index contributed by atoms with van der Waals surface area (Å²) in [7, 11) is 0. The van der Waals surface area contributed by atoms with Crippen LogP contribution in [-0.4, -0.2) is 23.1 Å². The minimum atomic E-state index is 0. The van der Waals surface area contributed by atoms with Crippen molar-refractivity contribution in [2.75, 3.05) is 0 Å². The van der Waals surface area contributed by atoms with E-state index < -0.39 is 0 Å². The number of hydrogen-bond donors (Lipinski definition) is 0. The fourth-order valence-corrected chi connectivity index (χ4v) is 0.920. The predicted molar refractivity (Wildman–Crippen MR) is 59.3 cm³/mol. The molecule has 0 spiro atoms. The molecule has 0 fully saturated rings. The zero-order valence-electron chi connectivity index (χ0n) is 8.33. The van der Waals surface area contributed by atoms with Crippen LogP contribution in [0.5, 0.6) is 0 Å². The summed E-state index contributed by atoms with van der Waals surface area (Å²) in [6, 6.07) is 16.3. The third kappa shape index (κ3) is 4.91. The quantitative estimate of drug-likeness (QED) is 0.434. The number of hydrogen-bond acceptors (Lipinski definition) is 0. The first-order chi connectivity index (χ1) is 5.80. The first-order valence-corrected chi connectivity index (χ1v) is 4.16. The summed E-state index contributed by atoms with van der Waals surface area (Å²) < 4.78 is 0. The Bertz CT molecular complexity index is 257. The van der Waals surface area contributed by atoms with Gasteiger partial charge >= 0.3 is 23.1 Å². The van der Waals surface area contributed by atoms with Crippen LogP contribution in [0.4, 0.5) is 0 Å². The third-order valence-electron chi connectivity index (χ3n) is 1.87. The van der Waals surface area contributed by atoms with E-state index in [1.807, 2.05) is 30.3 Å². The van der Waals surface area contributed by atoms with E-state index in [-0.39, 0.29) is 23.1 Å². The number of aryl methyl sites for hydroxylation is 2. The molecule has 0 saturated heterocycles. The van der Waals surface area contributed by atoms with Crippen LogP contribution in [0.25, 0.3) is 0 Å². The van der Waals surface area contributed by atoms with Crippen LogP contribution in [0, 0.1) is 13.8 Å². The summed E-state index contributed by atoms with van der Waals surface area (Å²) in [6.45, 7) is 4.24. The molecule has 2 rings (SSSR count). The molecule has 2 aromatic rings. The zero-order valence-corrected chi connectivity index (χ0v) is 9.74. The smallest absolute Gasteiger partial charge is 0.214 e. The van der Waals surface area contributed by atoms with Crippen molar-refractivity contribution in [3.05, 3.63) is 59.7 Å². The van der Waals surface area contributed by atoms with Crippen LogP contribution in [0.15, 0.2) is 48.5 Å². The molecule has 0 bridgehead atoms. The molecule has 0 aliphatic heterocycles. The Kier molecular flexibility index (Phi) is 6.64.